The molecule has 0 unspecified atom stereocenters. The van der Waals surface area contributed by atoms with Crippen molar-refractivity contribution < 1.29 is 5.32 Å². The van der Waals surface area contributed by atoms with Crippen LogP contribution in [0.2, 0.25) is 10.0 Å². The van der Waals surface area contributed by atoms with E-state index in [1.807, 2.05) is 24.5 Å². The Labute approximate surface area is 70.0 Å². The molecular weight excluding hydrogens is 169 g/mol. The highest BCUT2D eigenvalue weighted by Gasteiger charge is 1.97. The van der Waals surface area contributed by atoms with Crippen molar-refractivity contribution in [1.82, 2.24) is 0 Å². The van der Waals surface area contributed by atoms with Crippen LogP contribution in [0.25, 0.3) is 0 Å². The molecule has 0 aliphatic rings. The molecule has 0 aliphatic heterocycles. The van der Waals surface area contributed by atoms with E-state index in [0.717, 1.165) is 5.69 Å². The van der Waals surface area contributed by atoms with Crippen LogP contribution in [0.15, 0.2) is 18.2 Å². The van der Waals surface area contributed by atoms with Gasteiger partial charge in [-0.1, -0.05) is 23.2 Å². The van der Waals surface area contributed by atoms with Crippen molar-refractivity contribution in [2.75, 3.05) is 7.05 Å². The number of quaternary nitrogens is 1. The quantitative estimate of drug-likeness (QED) is 0.630. The van der Waals surface area contributed by atoms with Gasteiger partial charge in [0, 0.05) is 22.2 Å². The van der Waals surface area contributed by atoms with Crippen molar-refractivity contribution in [1.29, 1.82) is 0 Å². The van der Waals surface area contributed by atoms with Gasteiger partial charge >= 0.3 is 0 Å². The maximum atomic E-state index is 5.72. The van der Waals surface area contributed by atoms with Crippen LogP contribution in [0, 0.1) is 0 Å². The van der Waals surface area contributed by atoms with E-state index in [9.17, 15) is 0 Å². The zero-order chi connectivity index (χ0) is 7.56. The molecule has 54 valence electrons. The van der Waals surface area contributed by atoms with Crippen molar-refractivity contribution >= 4 is 28.9 Å². The maximum Gasteiger partial charge on any atom is 0.132 e. The van der Waals surface area contributed by atoms with E-state index in [4.69, 9.17) is 23.2 Å². The monoisotopic (exact) mass is 176 g/mol. The van der Waals surface area contributed by atoms with E-state index in [1.165, 1.54) is 0 Å². The first-order chi connectivity index (χ1) is 4.72. The smallest absolute Gasteiger partial charge is 0.132 e. The lowest BCUT2D eigenvalue weighted by molar-refractivity contribution is -0.539. The average Bonchev–Trinajstić information content (AvgIpc) is 1.85. The minimum absolute atomic E-state index is 0.681. The third-order valence-electron chi connectivity index (χ3n) is 1.22. The van der Waals surface area contributed by atoms with E-state index in [2.05, 4.69) is 0 Å². The Kier molecular flexibility index (Phi) is 2.55. The van der Waals surface area contributed by atoms with Crippen LogP contribution in [0.3, 0.4) is 0 Å². The molecular formula is C7H8Cl2N+. The summed E-state index contributed by atoms with van der Waals surface area (Å²) >= 11 is 11.4. The minimum Gasteiger partial charge on any atom is -0.316 e. The van der Waals surface area contributed by atoms with Crippen molar-refractivity contribution in [3.8, 4) is 0 Å². The van der Waals surface area contributed by atoms with E-state index in [1.54, 1.807) is 6.07 Å². The number of hydrogen-bond acceptors (Lipinski definition) is 0. The first-order valence-electron chi connectivity index (χ1n) is 2.98. The molecule has 0 heterocycles. The second-order valence-electron chi connectivity index (χ2n) is 1.99. The number of halogens is 2. The van der Waals surface area contributed by atoms with Crippen molar-refractivity contribution in [3.05, 3.63) is 28.2 Å². The average molecular weight is 177 g/mol. The first-order valence-corrected chi connectivity index (χ1v) is 3.73. The maximum absolute atomic E-state index is 5.72. The number of rotatable bonds is 1. The topological polar surface area (TPSA) is 16.6 Å². The molecule has 0 radical (unpaired) electrons. The molecule has 1 rings (SSSR count). The minimum atomic E-state index is 0.681. The van der Waals surface area contributed by atoms with Gasteiger partial charge in [0.05, 0.1) is 7.05 Å². The molecule has 0 saturated heterocycles. The second-order valence-corrected chi connectivity index (χ2v) is 2.86. The van der Waals surface area contributed by atoms with Gasteiger partial charge in [0.15, 0.2) is 0 Å². The number of benzene rings is 1. The lowest BCUT2D eigenvalue weighted by atomic mass is 10.3. The molecule has 0 fully saturated rings. The highest BCUT2D eigenvalue weighted by atomic mass is 35.5. The van der Waals surface area contributed by atoms with Gasteiger partial charge in [-0.25, -0.2) is 0 Å². The van der Waals surface area contributed by atoms with Crippen LogP contribution in [0.1, 0.15) is 0 Å². The van der Waals surface area contributed by atoms with Crippen molar-refractivity contribution in [2.24, 2.45) is 0 Å². The summed E-state index contributed by atoms with van der Waals surface area (Å²) in [6, 6.07) is 5.46. The van der Waals surface area contributed by atoms with E-state index in [0.29, 0.717) is 10.0 Å². The summed E-state index contributed by atoms with van der Waals surface area (Å²) in [6.45, 7) is 0. The molecule has 0 spiro atoms. The Morgan fingerprint density at radius 1 is 1.10 bits per heavy atom. The lowest BCUT2D eigenvalue weighted by Crippen LogP contribution is -2.72. The number of nitrogens with two attached hydrogens (primary N) is 1. The van der Waals surface area contributed by atoms with Crippen molar-refractivity contribution in [3.63, 3.8) is 0 Å². The zero-order valence-corrected chi connectivity index (χ0v) is 7.08. The van der Waals surface area contributed by atoms with Gasteiger partial charge < -0.3 is 5.32 Å². The first kappa shape index (κ1) is 7.86. The third kappa shape index (κ3) is 1.87. The van der Waals surface area contributed by atoms with Crippen LogP contribution in [-0.2, 0) is 0 Å². The Morgan fingerprint density at radius 3 is 2.00 bits per heavy atom. The largest absolute Gasteiger partial charge is 0.316 e. The van der Waals surface area contributed by atoms with Crippen LogP contribution in [0.4, 0.5) is 5.69 Å². The lowest BCUT2D eigenvalue weighted by Gasteiger charge is -1.95. The molecule has 10 heavy (non-hydrogen) atoms. The van der Waals surface area contributed by atoms with E-state index in [-0.39, 0.29) is 0 Å². The Balaban J connectivity index is 3.06. The third-order valence-corrected chi connectivity index (χ3v) is 1.65. The summed E-state index contributed by atoms with van der Waals surface area (Å²) in [5, 5.41) is 3.32. The normalized spacial score (nSPS) is 9.90. The highest BCUT2D eigenvalue weighted by molar-refractivity contribution is 6.34. The molecule has 0 bridgehead atoms. The van der Waals surface area contributed by atoms with Gasteiger partial charge in [0.1, 0.15) is 5.69 Å². The van der Waals surface area contributed by atoms with Crippen LogP contribution >= 0.6 is 23.2 Å². The van der Waals surface area contributed by atoms with Crippen molar-refractivity contribution in [2.45, 2.75) is 0 Å². The predicted octanol–water partition coefficient (Wildman–Crippen LogP) is 1.82. The summed E-state index contributed by atoms with van der Waals surface area (Å²) in [6.07, 6.45) is 0. The fraction of sp³-hybridized carbons (Fsp3) is 0.143. The second kappa shape index (κ2) is 3.24. The number of hydrogen-bond donors (Lipinski definition) is 1. The van der Waals surface area contributed by atoms with Crippen LogP contribution in [0.5, 0.6) is 0 Å². The summed E-state index contributed by atoms with van der Waals surface area (Å²) in [4.78, 5) is 0. The molecule has 0 aliphatic carbocycles. The van der Waals surface area contributed by atoms with Gasteiger partial charge in [0.25, 0.3) is 0 Å². The molecule has 0 aromatic heterocycles. The van der Waals surface area contributed by atoms with E-state index < -0.39 is 0 Å². The Bertz CT molecular complexity index is 215. The van der Waals surface area contributed by atoms with Gasteiger partial charge in [0.2, 0.25) is 0 Å². The molecule has 2 N–H and O–H groups in total. The highest BCUT2D eigenvalue weighted by Crippen LogP contribution is 2.19. The standard InChI is InChI=1S/C7H7Cl2N/c1-10-7-3-5(8)2-6(9)4-7/h2-4,10H,1H3/p+1. The molecule has 3 heteroatoms. The van der Waals surface area contributed by atoms with E-state index >= 15 is 0 Å². The van der Waals surface area contributed by atoms with Gasteiger partial charge in [-0.05, 0) is 6.07 Å². The zero-order valence-electron chi connectivity index (χ0n) is 5.57. The summed E-state index contributed by atoms with van der Waals surface area (Å²) < 4.78 is 0. The van der Waals surface area contributed by atoms with Crippen LogP contribution in [-0.4, -0.2) is 7.05 Å². The van der Waals surface area contributed by atoms with Gasteiger partial charge in [-0.3, -0.25) is 0 Å². The summed E-state index contributed by atoms with van der Waals surface area (Å²) in [5.74, 6) is 0. The molecule has 1 nitrogen and oxygen atoms in total. The molecule has 1 aromatic rings. The molecule has 1 aromatic carbocycles. The van der Waals surface area contributed by atoms with Gasteiger partial charge in [-0.15, -0.1) is 0 Å². The molecule has 0 atom stereocenters. The Morgan fingerprint density at radius 2 is 1.60 bits per heavy atom. The van der Waals surface area contributed by atoms with Crippen LogP contribution < -0.4 is 5.32 Å². The predicted molar refractivity (Wildman–Crippen MR) is 44.0 cm³/mol. The van der Waals surface area contributed by atoms with Gasteiger partial charge in [-0.2, -0.15) is 0 Å². The summed E-state index contributed by atoms with van der Waals surface area (Å²) in [7, 11) is 1.95. The Hall–Kier alpha value is -0.240. The molecule has 0 saturated carbocycles. The molecule has 0 amide bonds. The SMILES string of the molecule is C[NH2+]c1cc(Cl)cc(Cl)c1. The fourth-order valence-electron chi connectivity index (χ4n) is 0.742. The fourth-order valence-corrected chi connectivity index (χ4v) is 1.28. The summed E-state index contributed by atoms with van der Waals surface area (Å²) in [5.41, 5.74) is 1.05.